The molecule has 102 valence electrons. The minimum absolute atomic E-state index is 0.0158. The van der Waals surface area contributed by atoms with E-state index in [1.54, 1.807) is 13.8 Å². The lowest BCUT2D eigenvalue weighted by Crippen LogP contribution is -2.44. The summed E-state index contributed by atoms with van der Waals surface area (Å²) >= 11 is 0. The first-order valence-corrected chi connectivity index (χ1v) is 5.95. The van der Waals surface area contributed by atoms with Gasteiger partial charge in [0.05, 0.1) is 11.4 Å². The van der Waals surface area contributed by atoms with E-state index in [1.807, 2.05) is 0 Å². The first-order valence-electron chi connectivity index (χ1n) is 5.95. The molecule has 1 saturated carbocycles. The largest absolute Gasteiger partial charge is 0.480 e. The summed E-state index contributed by atoms with van der Waals surface area (Å²) in [6.07, 6.45) is 1.64. The van der Waals surface area contributed by atoms with E-state index in [-0.39, 0.29) is 11.9 Å². The Morgan fingerprint density at radius 1 is 1.26 bits per heavy atom. The number of aromatic nitrogens is 3. The molecule has 0 radical (unpaired) electrons. The summed E-state index contributed by atoms with van der Waals surface area (Å²) in [6, 6.07) is -1.50. The van der Waals surface area contributed by atoms with E-state index in [1.165, 1.54) is 0 Å². The Balaban J connectivity index is 1.96. The highest BCUT2D eigenvalue weighted by Gasteiger charge is 2.37. The number of carboxylic acid groups (broad SMARTS) is 1. The maximum absolute atomic E-state index is 11.7. The number of aliphatic carboxylic acids is 1. The standard InChI is InChI=1S/C11H15N5O3/c1-5-6(2)15-16-10(12-5)14-11(19)13-8(9(17)18)7-3-4-7/h7-8H,3-4H2,1-2H3,(H,17,18)(H2,12,13,14,16,19). The topological polar surface area (TPSA) is 117 Å². The molecular formula is C11H15N5O3. The summed E-state index contributed by atoms with van der Waals surface area (Å²) in [5, 5.41) is 21.3. The Bertz CT molecular complexity index is 515. The lowest BCUT2D eigenvalue weighted by Gasteiger charge is -2.13. The van der Waals surface area contributed by atoms with Crippen molar-refractivity contribution in [1.82, 2.24) is 20.5 Å². The molecule has 1 fully saturated rings. The van der Waals surface area contributed by atoms with Crippen molar-refractivity contribution in [3.8, 4) is 0 Å². The number of carboxylic acids is 1. The lowest BCUT2D eigenvalue weighted by molar-refractivity contribution is -0.139. The van der Waals surface area contributed by atoms with Crippen molar-refractivity contribution < 1.29 is 14.7 Å². The minimum atomic E-state index is -1.03. The minimum Gasteiger partial charge on any atom is -0.480 e. The number of urea groups is 1. The summed E-state index contributed by atoms with van der Waals surface area (Å²) in [4.78, 5) is 26.7. The van der Waals surface area contributed by atoms with Crippen LogP contribution in [0, 0.1) is 19.8 Å². The van der Waals surface area contributed by atoms with Gasteiger partial charge in [0.1, 0.15) is 6.04 Å². The smallest absolute Gasteiger partial charge is 0.326 e. The molecule has 1 aromatic rings. The molecular weight excluding hydrogens is 250 g/mol. The SMILES string of the molecule is Cc1nnc(NC(=O)NC(C(=O)O)C2CC2)nc1C. The molecule has 2 rings (SSSR count). The van der Waals surface area contributed by atoms with E-state index < -0.39 is 18.0 Å². The molecule has 1 heterocycles. The van der Waals surface area contributed by atoms with Gasteiger partial charge in [0.15, 0.2) is 0 Å². The van der Waals surface area contributed by atoms with Crippen molar-refractivity contribution in [1.29, 1.82) is 0 Å². The quantitative estimate of drug-likeness (QED) is 0.728. The molecule has 19 heavy (non-hydrogen) atoms. The van der Waals surface area contributed by atoms with Crippen LogP contribution in [0.25, 0.3) is 0 Å². The number of amides is 2. The van der Waals surface area contributed by atoms with E-state index in [4.69, 9.17) is 5.11 Å². The van der Waals surface area contributed by atoms with Gasteiger partial charge in [-0.15, -0.1) is 5.10 Å². The molecule has 8 nitrogen and oxygen atoms in total. The molecule has 0 aromatic carbocycles. The zero-order chi connectivity index (χ0) is 14.0. The molecule has 8 heteroatoms. The number of carbonyl (C=O) groups is 2. The number of nitrogens with zero attached hydrogens (tertiary/aromatic N) is 3. The van der Waals surface area contributed by atoms with Gasteiger partial charge in [-0.25, -0.2) is 14.6 Å². The highest BCUT2D eigenvalue weighted by atomic mass is 16.4. The normalized spacial score (nSPS) is 15.7. The summed E-state index contributed by atoms with van der Waals surface area (Å²) in [5.74, 6) is -0.959. The average Bonchev–Trinajstić information content (AvgIpc) is 3.14. The molecule has 1 aliphatic rings. The molecule has 1 aliphatic carbocycles. The van der Waals surface area contributed by atoms with Crippen molar-refractivity contribution >= 4 is 17.9 Å². The van der Waals surface area contributed by atoms with Gasteiger partial charge in [0, 0.05) is 0 Å². The zero-order valence-corrected chi connectivity index (χ0v) is 10.7. The van der Waals surface area contributed by atoms with Crippen molar-refractivity contribution in [2.45, 2.75) is 32.7 Å². The number of rotatable bonds is 4. The molecule has 3 N–H and O–H groups in total. The van der Waals surface area contributed by atoms with Gasteiger partial charge in [-0.2, -0.15) is 5.10 Å². The molecule has 0 bridgehead atoms. The van der Waals surface area contributed by atoms with Crippen LogP contribution in [0.2, 0.25) is 0 Å². The van der Waals surface area contributed by atoms with Gasteiger partial charge in [0.2, 0.25) is 0 Å². The predicted molar refractivity (Wildman–Crippen MR) is 65.6 cm³/mol. The third kappa shape index (κ3) is 3.36. The monoisotopic (exact) mass is 265 g/mol. The molecule has 1 unspecified atom stereocenters. The number of anilines is 1. The van der Waals surface area contributed by atoms with Crippen LogP contribution in [-0.4, -0.2) is 38.3 Å². The van der Waals surface area contributed by atoms with Gasteiger partial charge >= 0.3 is 12.0 Å². The average molecular weight is 265 g/mol. The third-order valence-electron chi connectivity index (χ3n) is 2.96. The second-order valence-corrected chi connectivity index (χ2v) is 4.56. The Morgan fingerprint density at radius 3 is 2.47 bits per heavy atom. The Morgan fingerprint density at radius 2 is 1.95 bits per heavy atom. The van der Waals surface area contributed by atoms with Crippen LogP contribution < -0.4 is 10.6 Å². The zero-order valence-electron chi connectivity index (χ0n) is 10.7. The molecule has 1 aromatic heterocycles. The van der Waals surface area contributed by atoms with E-state index in [0.717, 1.165) is 12.8 Å². The number of carbonyl (C=O) groups excluding carboxylic acids is 1. The van der Waals surface area contributed by atoms with Gasteiger partial charge in [-0.05, 0) is 32.6 Å². The fraction of sp³-hybridized carbons (Fsp3) is 0.545. The maximum atomic E-state index is 11.7. The predicted octanol–water partition coefficient (Wildman–Crippen LogP) is 0.473. The molecule has 1 atom stereocenters. The highest BCUT2D eigenvalue weighted by Crippen LogP contribution is 2.32. The van der Waals surface area contributed by atoms with Crippen LogP contribution in [0.4, 0.5) is 10.7 Å². The van der Waals surface area contributed by atoms with Crippen molar-refractivity contribution in [3.05, 3.63) is 11.4 Å². The number of nitrogens with one attached hydrogen (secondary N) is 2. The molecule has 0 saturated heterocycles. The van der Waals surface area contributed by atoms with Crippen molar-refractivity contribution in [2.75, 3.05) is 5.32 Å². The van der Waals surface area contributed by atoms with Gasteiger partial charge in [-0.1, -0.05) is 0 Å². The van der Waals surface area contributed by atoms with E-state index in [2.05, 4.69) is 25.8 Å². The van der Waals surface area contributed by atoms with Gasteiger partial charge in [0.25, 0.3) is 5.95 Å². The van der Waals surface area contributed by atoms with Crippen LogP contribution in [-0.2, 0) is 4.79 Å². The Hall–Kier alpha value is -2.25. The van der Waals surface area contributed by atoms with E-state index in [9.17, 15) is 9.59 Å². The fourth-order valence-corrected chi connectivity index (χ4v) is 1.60. The second-order valence-electron chi connectivity index (χ2n) is 4.56. The molecule has 0 aliphatic heterocycles. The van der Waals surface area contributed by atoms with E-state index in [0.29, 0.717) is 11.4 Å². The van der Waals surface area contributed by atoms with Gasteiger partial charge < -0.3 is 10.4 Å². The van der Waals surface area contributed by atoms with Crippen LogP contribution in [0.1, 0.15) is 24.2 Å². The fourth-order valence-electron chi connectivity index (χ4n) is 1.60. The summed E-state index contributed by atoms with van der Waals surface area (Å²) in [7, 11) is 0. The van der Waals surface area contributed by atoms with Crippen LogP contribution in [0.3, 0.4) is 0 Å². The maximum Gasteiger partial charge on any atom is 0.326 e. The summed E-state index contributed by atoms with van der Waals surface area (Å²) < 4.78 is 0. The number of hydrogen-bond donors (Lipinski definition) is 3. The lowest BCUT2D eigenvalue weighted by atomic mass is 10.2. The third-order valence-corrected chi connectivity index (χ3v) is 2.96. The summed E-state index contributed by atoms with van der Waals surface area (Å²) in [6.45, 7) is 3.50. The highest BCUT2D eigenvalue weighted by molar-refractivity contribution is 5.91. The van der Waals surface area contributed by atoms with Crippen LogP contribution in [0.5, 0.6) is 0 Å². The second kappa shape index (κ2) is 5.17. The Kier molecular flexibility index (Phi) is 3.59. The van der Waals surface area contributed by atoms with E-state index >= 15 is 0 Å². The van der Waals surface area contributed by atoms with Crippen molar-refractivity contribution in [2.24, 2.45) is 5.92 Å². The van der Waals surface area contributed by atoms with Crippen LogP contribution >= 0.6 is 0 Å². The number of hydrogen-bond acceptors (Lipinski definition) is 5. The summed E-state index contributed by atoms with van der Waals surface area (Å²) in [5.41, 5.74) is 1.33. The molecule has 0 spiro atoms. The van der Waals surface area contributed by atoms with Crippen molar-refractivity contribution in [3.63, 3.8) is 0 Å². The molecule has 2 amide bonds. The number of aryl methyl sites for hydroxylation is 2. The first kappa shape index (κ1) is 13.2. The van der Waals surface area contributed by atoms with Gasteiger partial charge in [-0.3, -0.25) is 5.32 Å². The van der Waals surface area contributed by atoms with Crippen LogP contribution in [0.15, 0.2) is 0 Å². The first-order chi connectivity index (χ1) is 8.97. The Labute approximate surface area is 109 Å².